The highest BCUT2D eigenvalue weighted by Crippen LogP contribution is 2.19. The molecule has 5 atom stereocenters. The van der Waals surface area contributed by atoms with E-state index in [4.69, 9.17) is 17.2 Å². The summed E-state index contributed by atoms with van der Waals surface area (Å²) in [5, 5.41) is 18.8. The van der Waals surface area contributed by atoms with Crippen LogP contribution in [0.1, 0.15) is 45.1 Å². The Bertz CT molecular complexity index is 1230. The zero-order chi connectivity index (χ0) is 31.2. The van der Waals surface area contributed by atoms with E-state index in [9.17, 15) is 24.3 Å². The molecule has 0 aliphatic carbocycles. The number of H-pyrrole nitrogens is 1. The molecule has 0 bridgehead atoms. The summed E-state index contributed by atoms with van der Waals surface area (Å²) in [5.74, 6) is -2.65. The number of aliphatic carboxylic acids is 1. The molecule has 5 unspecified atom stereocenters. The average molecular weight is 605 g/mol. The van der Waals surface area contributed by atoms with Gasteiger partial charge in [-0.25, -0.2) is 4.79 Å². The van der Waals surface area contributed by atoms with E-state index in [1.54, 1.807) is 13.1 Å². The maximum Gasteiger partial charge on any atom is 0.326 e. The van der Waals surface area contributed by atoms with E-state index in [1.807, 2.05) is 37.4 Å². The van der Waals surface area contributed by atoms with Crippen LogP contribution in [0.25, 0.3) is 10.9 Å². The second kappa shape index (κ2) is 17.2. The van der Waals surface area contributed by atoms with Crippen LogP contribution in [-0.2, 0) is 25.6 Å². The van der Waals surface area contributed by atoms with E-state index in [-0.39, 0.29) is 18.3 Å². The molecular formula is C28H44N8O5S. The monoisotopic (exact) mass is 604 g/mol. The van der Waals surface area contributed by atoms with E-state index in [1.165, 1.54) is 11.8 Å². The maximum atomic E-state index is 13.4. The van der Waals surface area contributed by atoms with Gasteiger partial charge in [0.1, 0.15) is 18.1 Å². The molecule has 11 N–H and O–H groups in total. The number of nitrogens with one attached hydrogen (secondary N) is 4. The Balaban J connectivity index is 2.12. The molecule has 0 radical (unpaired) electrons. The van der Waals surface area contributed by atoms with Crippen LogP contribution in [0.2, 0.25) is 0 Å². The number of aliphatic imine (C=N–C) groups is 1. The fourth-order valence-corrected chi connectivity index (χ4v) is 4.84. The van der Waals surface area contributed by atoms with Crippen molar-refractivity contribution in [3.63, 3.8) is 0 Å². The summed E-state index contributed by atoms with van der Waals surface area (Å²) in [6, 6.07) is 3.44. The molecule has 1 aromatic carbocycles. The third kappa shape index (κ3) is 10.6. The Labute approximate surface area is 250 Å². The van der Waals surface area contributed by atoms with Gasteiger partial charge in [-0.1, -0.05) is 38.5 Å². The summed E-state index contributed by atoms with van der Waals surface area (Å²) >= 11 is 1.50. The van der Waals surface area contributed by atoms with Gasteiger partial charge in [0.05, 0.1) is 6.04 Å². The molecule has 2 aromatic rings. The third-order valence-electron chi connectivity index (χ3n) is 7.05. The number of thioether (sulfide) groups is 1. The lowest BCUT2D eigenvalue weighted by Gasteiger charge is -2.28. The van der Waals surface area contributed by atoms with E-state index in [2.05, 4.69) is 25.9 Å². The summed E-state index contributed by atoms with van der Waals surface area (Å²) in [7, 11) is 0. The number of para-hydroxylation sites is 1. The van der Waals surface area contributed by atoms with Gasteiger partial charge in [-0.2, -0.15) is 11.8 Å². The number of aromatic amines is 1. The number of carbonyl (C=O) groups is 4. The molecule has 0 saturated carbocycles. The molecule has 0 aliphatic heterocycles. The molecule has 0 fully saturated rings. The summed E-state index contributed by atoms with van der Waals surface area (Å²) in [4.78, 5) is 58.7. The van der Waals surface area contributed by atoms with Crippen LogP contribution >= 0.6 is 11.8 Å². The van der Waals surface area contributed by atoms with Crippen molar-refractivity contribution in [1.29, 1.82) is 0 Å². The van der Waals surface area contributed by atoms with Gasteiger partial charge in [0.2, 0.25) is 17.7 Å². The Kier molecular flexibility index (Phi) is 14.1. The van der Waals surface area contributed by atoms with Crippen molar-refractivity contribution in [3.8, 4) is 0 Å². The Hall–Kier alpha value is -3.78. The van der Waals surface area contributed by atoms with Gasteiger partial charge in [-0.15, -0.1) is 0 Å². The van der Waals surface area contributed by atoms with Crippen LogP contribution in [0.5, 0.6) is 0 Å². The minimum atomic E-state index is -1.22. The summed E-state index contributed by atoms with van der Waals surface area (Å²) in [6.07, 6.45) is 5.30. The van der Waals surface area contributed by atoms with E-state index in [0.717, 1.165) is 16.5 Å². The fraction of sp³-hybridized carbons (Fsp3) is 0.536. The number of fused-ring (bicyclic) bond motifs is 1. The first-order valence-corrected chi connectivity index (χ1v) is 15.4. The molecule has 0 aliphatic rings. The minimum absolute atomic E-state index is 0.0469. The first-order chi connectivity index (χ1) is 20.0. The maximum absolute atomic E-state index is 13.4. The second-order valence-electron chi connectivity index (χ2n) is 10.2. The molecule has 42 heavy (non-hydrogen) atoms. The van der Waals surface area contributed by atoms with Gasteiger partial charge < -0.3 is 43.2 Å². The van der Waals surface area contributed by atoms with E-state index < -0.39 is 47.9 Å². The van der Waals surface area contributed by atoms with Gasteiger partial charge >= 0.3 is 5.97 Å². The van der Waals surface area contributed by atoms with Crippen LogP contribution < -0.4 is 33.2 Å². The predicted molar refractivity (Wildman–Crippen MR) is 166 cm³/mol. The lowest BCUT2D eigenvalue weighted by molar-refractivity contribution is -0.142. The highest BCUT2D eigenvalue weighted by Gasteiger charge is 2.33. The van der Waals surface area contributed by atoms with Gasteiger partial charge in [0.15, 0.2) is 5.96 Å². The first kappa shape index (κ1) is 34.4. The molecule has 13 nitrogen and oxygen atoms in total. The highest BCUT2D eigenvalue weighted by atomic mass is 32.2. The number of guanidine groups is 1. The molecule has 0 spiro atoms. The van der Waals surface area contributed by atoms with Crippen molar-refractivity contribution in [3.05, 3.63) is 36.0 Å². The Morgan fingerprint density at radius 1 is 1.02 bits per heavy atom. The molecule has 232 valence electrons. The lowest BCUT2D eigenvalue weighted by Crippen LogP contribution is -2.59. The molecular weight excluding hydrogens is 560 g/mol. The van der Waals surface area contributed by atoms with Gasteiger partial charge in [-0.05, 0) is 48.8 Å². The van der Waals surface area contributed by atoms with Crippen molar-refractivity contribution >= 4 is 52.3 Å². The topological polar surface area (TPSA) is 231 Å². The number of carboxylic acids is 1. The second-order valence-corrected chi connectivity index (χ2v) is 11.2. The molecule has 2 rings (SSSR count). The first-order valence-electron chi connectivity index (χ1n) is 14.0. The van der Waals surface area contributed by atoms with Crippen molar-refractivity contribution in [1.82, 2.24) is 20.9 Å². The fourth-order valence-electron chi connectivity index (χ4n) is 4.37. The summed E-state index contributed by atoms with van der Waals surface area (Å²) in [5.41, 5.74) is 18.3. The predicted octanol–water partition coefficient (Wildman–Crippen LogP) is 0.430. The van der Waals surface area contributed by atoms with Crippen LogP contribution in [0.4, 0.5) is 0 Å². The molecule has 1 heterocycles. The standard InChI is InChI=1S/C28H44N8O5S/c1-4-16(2)23(26(39)35-22(27(40)41)14-17-15-33-20-10-6-5-8-18(17)20)36-25(38)21(11-13-42-3)34-24(37)19(29)9-7-12-32-28(30)31/h5-6,8,10,15-16,19,21-23,33H,4,7,9,11-14,29H2,1-3H3,(H,34,37)(H,35,39)(H,36,38)(H,40,41)(H4,30,31,32). The number of aromatic nitrogens is 1. The Morgan fingerprint density at radius 3 is 2.36 bits per heavy atom. The zero-order valence-corrected chi connectivity index (χ0v) is 25.2. The number of benzene rings is 1. The number of carboxylic acid groups (broad SMARTS) is 1. The number of hydrogen-bond donors (Lipinski definition) is 8. The van der Waals surface area contributed by atoms with Gasteiger partial charge in [-0.3, -0.25) is 19.4 Å². The largest absolute Gasteiger partial charge is 0.480 e. The Morgan fingerprint density at radius 2 is 1.71 bits per heavy atom. The van der Waals surface area contributed by atoms with Crippen molar-refractivity contribution in [2.75, 3.05) is 18.6 Å². The van der Waals surface area contributed by atoms with Crippen molar-refractivity contribution in [2.45, 2.75) is 70.1 Å². The van der Waals surface area contributed by atoms with Crippen LogP contribution in [0.15, 0.2) is 35.5 Å². The number of amides is 3. The van der Waals surface area contributed by atoms with E-state index in [0.29, 0.717) is 38.0 Å². The van der Waals surface area contributed by atoms with Gasteiger partial charge in [0, 0.05) is 30.1 Å². The quantitative estimate of drug-likeness (QED) is 0.0669. The summed E-state index contributed by atoms with van der Waals surface area (Å²) < 4.78 is 0. The molecule has 1 aromatic heterocycles. The van der Waals surface area contributed by atoms with E-state index >= 15 is 0 Å². The smallest absolute Gasteiger partial charge is 0.326 e. The highest BCUT2D eigenvalue weighted by molar-refractivity contribution is 7.98. The number of hydrogen-bond acceptors (Lipinski definition) is 7. The third-order valence-corrected chi connectivity index (χ3v) is 7.70. The molecule has 0 saturated heterocycles. The summed E-state index contributed by atoms with van der Waals surface area (Å²) in [6.45, 7) is 3.98. The number of rotatable bonds is 18. The minimum Gasteiger partial charge on any atom is -0.480 e. The van der Waals surface area contributed by atoms with Crippen LogP contribution in [-0.4, -0.2) is 82.5 Å². The van der Waals surface area contributed by atoms with Crippen LogP contribution in [0, 0.1) is 5.92 Å². The van der Waals surface area contributed by atoms with Crippen molar-refractivity contribution < 1.29 is 24.3 Å². The zero-order valence-electron chi connectivity index (χ0n) is 24.4. The van der Waals surface area contributed by atoms with Crippen molar-refractivity contribution in [2.24, 2.45) is 28.1 Å². The van der Waals surface area contributed by atoms with Gasteiger partial charge in [0.25, 0.3) is 0 Å². The lowest BCUT2D eigenvalue weighted by atomic mass is 9.96. The number of nitrogens with two attached hydrogens (primary N) is 3. The molecule has 14 heteroatoms. The average Bonchev–Trinajstić information content (AvgIpc) is 3.37. The normalized spacial score (nSPS) is 14.7. The number of nitrogens with zero attached hydrogens (tertiary/aromatic N) is 1. The number of carbonyl (C=O) groups excluding carboxylic acids is 3. The van der Waals surface area contributed by atoms with Crippen LogP contribution in [0.3, 0.4) is 0 Å². The molecule has 3 amide bonds. The SMILES string of the molecule is CCC(C)C(NC(=O)C(CCSC)NC(=O)C(N)CCCN=C(N)N)C(=O)NC(Cc1c[nH]c2ccccc12)C(=O)O.